The van der Waals surface area contributed by atoms with Crippen molar-refractivity contribution in [2.45, 2.75) is 13.0 Å². The van der Waals surface area contributed by atoms with Crippen LogP contribution < -0.4 is 11.1 Å². The van der Waals surface area contributed by atoms with Crippen molar-refractivity contribution in [3.63, 3.8) is 0 Å². The average molecular weight is 226 g/mol. The summed E-state index contributed by atoms with van der Waals surface area (Å²) in [4.78, 5) is 10.4. The van der Waals surface area contributed by atoms with E-state index in [0.29, 0.717) is 13.2 Å². The van der Waals surface area contributed by atoms with E-state index in [4.69, 9.17) is 10.5 Å². The average Bonchev–Trinajstić information content (AvgIpc) is 2.63. The maximum atomic E-state index is 10.4. The fourth-order valence-electron chi connectivity index (χ4n) is 1.30. The van der Waals surface area contributed by atoms with Crippen molar-refractivity contribution < 1.29 is 9.53 Å². The van der Waals surface area contributed by atoms with Crippen LogP contribution >= 0.6 is 0 Å². The van der Waals surface area contributed by atoms with E-state index in [9.17, 15) is 4.79 Å². The summed E-state index contributed by atoms with van der Waals surface area (Å²) in [6.45, 7) is 3.16. The lowest BCUT2D eigenvalue weighted by Crippen LogP contribution is -2.25. The van der Waals surface area contributed by atoms with Gasteiger partial charge in [0.05, 0.1) is 12.8 Å². The summed E-state index contributed by atoms with van der Waals surface area (Å²) in [6, 6.07) is 0.214. The number of nitrogens with two attached hydrogens (primary N) is 1. The van der Waals surface area contributed by atoms with Gasteiger partial charge < -0.3 is 15.8 Å². The van der Waals surface area contributed by atoms with E-state index in [1.54, 1.807) is 4.68 Å². The van der Waals surface area contributed by atoms with Gasteiger partial charge in [-0.15, -0.1) is 0 Å². The predicted octanol–water partition coefficient (Wildman–Crippen LogP) is -0.427. The summed E-state index contributed by atoms with van der Waals surface area (Å²) in [5.74, 6) is -0.444. The van der Waals surface area contributed by atoms with Crippen LogP contribution in [-0.4, -0.2) is 35.4 Å². The minimum absolute atomic E-state index is 0.0248. The number of nitrogens with one attached hydrogen (secondary N) is 1. The molecule has 1 aromatic rings. The molecule has 0 fully saturated rings. The molecule has 0 saturated carbocycles. The Bertz CT molecular complexity index is 337. The Morgan fingerprint density at radius 2 is 2.50 bits per heavy atom. The molecule has 0 radical (unpaired) electrons. The number of primary amides is 1. The second kappa shape index (κ2) is 6.24. The maximum Gasteiger partial charge on any atom is 0.243 e. The zero-order valence-corrected chi connectivity index (χ0v) is 9.64. The van der Waals surface area contributed by atoms with Crippen molar-refractivity contribution in [1.82, 2.24) is 15.1 Å². The van der Waals surface area contributed by atoms with Crippen molar-refractivity contribution in [1.29, 1.82) is 0 Å². The molecular formula is C10H18N4O2. The molecule has 0 bridgehead atoms. The van der Waals surface area contributed by atoms with E-state index in [1.165, 1.54) is 0 Å². The van der Waals surface area contributed by atoms with Crippen LogP contribution in [0.2, 0.25) is 0 Å². The third kappa shape index (κ3) is 4.41. The zero-order valence-electron chi connectivity index (χ0n) is 9.64. The molecule has 0 aliphatic carbocycles. The molecule has 1 unspecified atom stereocenters. The smallest absolute Gasteiger partial charge is 0.243 e. The van der Waals surface area contributed by atoms with E-state index >= 15 is 0 Å². The van der Waals surface area contributed by atoms with Gasteiger partial charge in [-0.2, -0.15) is 5.10 Å². The molecule has 1 aromatic heterocycles. The molecule has 0 aromatic carbocycles. The SMILES string of the molecule is CC(NCCOCC(N)=O)c1cnn(C)c1. The lowest BCUT2D eigenvalue weighted by atomic mass is 10.2. The van der Waals surface area contributed by atoms with Crippen LogP contribution in [0.15, 0.2) is 12.4 Å². The fraction of sp³-hybridized carbons (Fsp3) is 0.600. The van der Waals surface area contributed by atoms with Crippen LogP contribution in [0.4, 0.5) is 0 Å². The van der Waals surface area contributed by atoms with Gasteiger partial charge >= 0.3 is 0 Å². The molecule has 90 valence electrons. The van der Waals surface area contributed by atoms with E-state index in [2.05, 4.69) is 10.4 Å². The molecule has 1 atom stereocenters. The number of nitrogens with zero attached hydrogens (tertiary/aromatic N) is 2. The molecule has 6 nitrogen and oxygen atoms in total. The first-order valence-electron chi connectivity index (χ1n) is 5.17. The monoisotopic (exact) mass is 226 g/mol. The number of aryl methyl sites for hydroxylation is 1. The predicted molar refractivity (Wildman–Crippen MR) is 59.6 cm³/mol. The van der Waals surface area contributed by atoms with Gasteiger partial charge in [-0.1, -0.05) is 0 Å². The number of rotatable bonds is 7. The van der Waals surface area contributed by atoms with Crippen molar-refractivity contribution in [3.8, 4) is 0 Å². The Hall–Kier alpha value is -1.40. The van der Waals surface area contributed by atoms with Crippen LogP contribution in [0.3, 0.4) is 0 Å². The lowest BCUT2D eigenvalue weighted by molar-refractivity contribution is -0.122. The highest BCUT2D eigenvalue weighted by Crippen LogP contribution is 2.09. The first-order chi connectivity index (χ1) is 7.59. The number of hydrogen-bond donors (Lipinski definition) is 2. The Morgan fingerprint density at radius 3 is 3.06 bits per heavy atom. The van der Waals surface area contributed by atoms with Crippen LogP contribution in [0.25, 0.3) is 0 Å². The molecule has 16 heavy (non-hydrogen) atoms. The highest BCUT2D eigenvalue weighted by atomic mass is 16.5. The Kier molecular flexibility index (Phi) is 4.94. The molecule has 0 aliphatic heterocycles. The number of carbonyl (C=O) groups is 1. The third-order valence-corrected chi connectivity index (χ3v) is 2.17. The van der Waals surface area contributed by atoms with Crippen LogP contribution in [0, 0.1) is 0 Å². The Balaban J connectivity index is 2.15. The molecule has 0 saturated heterocycles. The van der Waals surface area contributed by atoms with Crippen molar-refractivity contribution in [3.05, 3.63) is 18.0 Å². The molecule has 0 spiro atoms. The third-order valence-electron chi connectivity index (χ3n) is 2.17. The van der Waals surface area contributed by atoms with Crippen LogP contribution in [-0.2, 0) is 16.6 Å². The molecule has 6 heteroatoms. The van der Waals surface area contributed by atoms with Gasteiger partial charge in [-0.25, -0.2) is 0 Å². The number of aromatic nitrogens is 2. The molecular weight excluding hydrogens is 208 g/mol. The van der Waals surface area contributed by atoms with E-state index in [1.807, 2.05) is 26.4 Å². The van der Waals surface area contributed by atoms with Crippen molar-refractivity contribution in [2.75, 3.05) is 19.8 Å². The van der Waals surface area contributed by atoms with E-state index in [-0.39, 0.29) is 12.6 Å². The second-order valence-electron chi connectivity index (χ2n) is 3.64. The largest absolute Gasteiger partial charge is 0.370 e. The highest BCUT2D eigenvalue weighted by molar-refractivity contribution is 5.74. The van der Waals surface area contributed by atoms with E-state index < -0.39 is 5.91 Å². The van der Waals surface area contributed by atoms with Gasteiger partial charge in [0.2, 0.25) is 5.91 Å². The summed E-state index contributed by atoms with van der Waals surface area (Å²) >= 11 is 0. The summed E-state index contributed by atoms with van der Waals surface area (Å²) < 4.78 is 6.79. The highest BCUT2D eigenvalue weighted by Gasteiger charge is 2.05. The summed E-state index contributed by atoms with van der Waals surface area (Å²) in [6.07, 6.45) is 3.78. The number of hydrogen-bond acceptors (Lipinski definition) is 4. The van der Waals surface area contributed by atoms with Gasteiger partial charge in [0.25, 0.3) is 0 Å². The van der Waals surface area contributed by atoms with Crippen LogP contribution in [0.1, 0.15) is 18.5 Å². The van der Waals surface area contributed by atoms with Gasteiger partial charge in [0, 0.05) is 31.4 Å². The van der Waals surface area contributed by atoms with Crippen molar-refractivity contribution in [2.24, 2.45) is 12.8 Å². The Morgan fingerprint density at radius 1 is 1.75 bits per heavy atom. The molecule has 3 N–H and O–H groups in total. The molecule has 1 heterocycles. The quantitative estimate of drug-likeness (QED) is 0.618. The van der Waals surface area contributed by atoms with E-state index in [0.717, 1.165) is 5.56 Å². The Labute approximate surface area is 94.8 Å². The fourth-order valence-corrected chi connectivity index (χ4v) is 1.30. The minimum atomic E-state index is -0.444. The molecule has 0 aliphatic rings. The lowest BCUT2D eigenvalue weighted by Gasteiger charge is -2.11. The standard InChI is InChI=1S/C10H18N4O2/c1-8(9-5-13-14(2)6-9)12-3-4-16-7-10(11)15/h5-6,8,12H,3-4,7H2,1-2H3,(H2,11,15). The molecule has 1 rings (SSSR count). The minimum Gasteiger partial charge on any atom is -0.370 e. The topological polar surface area (TPSA) is 82.2 Å². The molecule has 1 amide bonds. The number of carbonyl (C=O) groups excluding carboxylic acids is 1. The van der Waals surface area contributed by atoms with Crippen LogP contribution in [0.5, 0.6) is 0 Å². The van der Waals surface area contributed by atoms with Gasteiger partial charge in [-0.3, -0.25) is 9.48 Å². The van der Waals surface area contributed by atoms with Gasteiger partial charge in [-0.05, 0) is 6.92 Å². The van der Waals surface area contributed by atoms with Gasteiger partial charge in [0.15, 0.2) is 0 Å². The number of ether oxygens (including phenoxy) is 1. The normalized spacial score (nSPS) is 12.6. The van der Waals surface area contributed by atoms with Crippen molar-refractivity contribution >= 4 is 5.91 Å². The first-order valence-corrected chi connectivity index (χ1v) is 5.17. The summed E-state index contributed by atoms with van der Waals surface area (Å²) in [5, 5.41) is 7.35. The number of amides is 1. The van der Waals surface area contributed by atoms with Gasteiger partial charge in [0.1, 0.15) is 6.61 Å². The first kappa shape index (κ1) is 12.7. The zero-order chi connectivity index (χ0) is 12.0. The summed E-state index contributed by atoms with van der Waals surface area (Å²) in [5.41, 5.74) is 6.06. The summed E-state index contributed by atoms with van der Waals surface area (Å²) in [7, 11) is 1.88. The maximum absolute atomic E-state index is 10.4. The second-order valence-corrected chi connectivity index (χ2v) is 3.64.